The van der Waals surface area contributed by atoms with Gasteiger partial charge in [-0.3, -0.25) is 0 Å². The molecule has 0 radical (unpaired) electrons. The molecule has 0 saturated heterocycles. The second-order valence-corrected chi connectivity index (χ2v) is 8.82. The number of nitrogens with one attached hydrogen (secondary N) is 1. The quantitative estimate of drug-likeness (QED) is 0.829. The lowest BCUT2D eigenvalue weighted by Crippen LogP contribution is -2.52. The number of rotatable bonds is 4. The van der Waals surface area contributed by atoms with Gasteiger partial charge in [-0.05, 0) is 92.2 Å². The lowest BCUT2D eigenvalue weighted by Gasteiger charge is -2.59. The first-order valence-corrected chi connectivity index (χ1v) is 9.35. The lowest BCUT2D eigenvalue weighted by molar-refractivity contribution is -0.0746. The van der Waals surface area contributed by atoms with Crippen LogP contribution in [0.1, 0.15) is 61.9 Å². The summed E-state index contributed by atoms with van der Waals surface area (Å²) in [5.74, 6) is 3.13. The highest BCUT2D eigenvalue weighted by atomic mass is 32.1. The fourth-order valence-electron chi connectivity index (χ4n) is 6.09. The van der Waals surface area contributed by atoms with Gasteiger partial charge in [0.1, 0.15) is 0 Å². The molecule has 4 aliphatic carbocycles. The maximum atomic E-state index is 3.89. The molecule has 1 unspecified atom stereocenters. The zero-order valence-electron chi connectivity index (χ0n) is 12.8. The van der Waals surface area contributed by atoms with Crippen molar-refractivity contribution in [2.75, 3.05) is 6.54 Å². The van der Waals surface area contributed by atoms with Crippen molar-refractivity contribution in [3.05, 3.63) is 21.9 Å². The molecule has 110 valence electrons. The van der Waals surface area contributed by atoms with Crippen LogP contribution >= 0.6 is 11.3 Å². The molecule has 1 atom stereocenters. The van der Waals surface area contributed by atoms with Gasteiger partial charge in [0.15, 0.2) is 0 Å². The van der Waals surface area contributed by atoms with Crippen LogP contribution in [0.3, 0.4) is 0 Å². The van der Waals surface area contributed by atoms with Crippen LogP contribution in [0.5, 0.6) is 0 Å². The second-order valence-electron chi connectivity index (χ2n) is 7.70. The zero-order valence-corrected chi connectivity index (χ0v) is 13.6. The Morgan fingerprint density at radius 2 is 1.80 bits per heavy atom. The molecule has 0 aliphatic heterocycles. The molecule has 1 heterocycles. The molecule has 1 nitrogen and oxygen atoms in total. The topological polar surface area (TPSA) is 12.0 Å². The summed E-state index contributed by atoms with van der Waals surface area (Å²) >= 11 is 1.92. The van der Waals surface area contributed by atoms with Crippen molar-refractivity contribution < 1.29 is 0 Å². The molecule has 5 rings (SSSR count). The molecule has 0 spiro atoms. The van der Waals surface area contributed by atoms with Crippen molar-refractivity contribution in [2.45, 2.75) is 58.4 Å². The van der Waals surface area contributed by atoms with Gasteiger partial charge in [-0.25, -0.2) is 0 Å². The molecule has 0 aromatic carbocycles. The van der Waals surface area contributed by atoms with Crippen LogP contribution in [0.25, 0.3) is 0 Å². The van der Waals surface area contributed by atoms with E-state index in [9.17, 15) is 0 Å². The van der Waals surface area contributed by atoms with Crippen molar-refractivity contribution in [1.29, 1.82) is 0 Å². The average Bonchev–Trinajstić information content (AvgIpc) is 2.80. The van der Waals surface area contributed by atoms with Gasteiger partial charge in [-0.1, -0.05) is 6.92 Å². The molecule has 4 bridgehead atoms. The average molecular weight is 289 g/mol. The summed E-state index contributed by atoms with van der Waals surface area (Å²) in [7, 11) is 0. The summed E-state index contributed by atoms with van der Waals surface area (Å²) in [6, 6.07) is 3.01. The van der Waals surface area contributed by atoms with E-state index in [1.807, 2.05) is 11.3 Å². The zero-order chi connectivity index (χ0) is 13.7. The number of hydrogen-bond acceptors (Lipinski definition) is 2. The Kier molecular flexibility index (Phi) is 3.23. The largest absolute Gasteiger partial charge is 0.310 e. The van der Waals surface area contributed by atoms with Gasteiger partial charge in [0.05, 0.1) is 0 Å². The van der Waals surface area contributed by atoms with Gasteiger partial charge in [0.2, 0.25) is 0 Å². The van der Waals surface area contributed by atoms with Gasteiger partial charge >= 0.3 is 0 Å². The van der Waals surface area contributed by atoms with Gasteiger partial charge in [0, 0.05) is 10.9 Å². The van der Waals surface area contributed by atoms with Crippen molar-refractivity contribution in [1.82, 2.24) is 5.32 Å². The summed E-state index contributed by atoms with van der Waals surface area (Å²) in [5.41, 5.74) is 2.19. The molecule has 2 heteroatoms. The third-order valence-corrected chi connectivity index (χ3v) is 7.18. The molecule has 4 saturated carbocycles. The minimum Gasteiger partial charge on any atom is -0.310 e. The maximum absolute atomic E-state index is 3.89. The monoisotopic (exact) mass is 289 g/mol. The first-order valence-electron chi connectivity index (χ1n) is 8.47. The van der Waals surface area contributed by atoms with E-state index in [1.165, 1.54) is 24.1 Å². The standard InChI is InChI=1S/C18H27NS/c1-3-19-17(16-4-5-20-12(16)2)18-9-13-6-14(10-18)8-15(7-13)11-18/h4-5,13-15,17,19H,3,6-11H2,1-2H3. The van der Waals surface area contributed by atoms with E-state index in [0.717, 1.165) is 24.3 Å². The molecule has 1 aromatic rings. The summed E-state index contributed by atoms with van der Waals surface area (Å²) < 4.78 is 0. The van der Waals surface area contributed by atoms with E-state index in [0.29, 0.717) is 11.5 Å². The van der Waals surface area contributed by atoms with E-state index in [-0.39, 0.29) is 0 Å². The fourth-order valence-corrected chi connectivity index (χ4v) is 6.83. The predicted octanol–water partition coefficient (Wildman–Crippen LogP) is 4.92. The molecule has 1 aromatic heterocycles. The second kappa shape index (κ2) is 4.84. The Hall–Kier alpha value is -0.340. The minimum absolute atomic E-state index is 0.580. The van der Waals surface area contributed by atoms with Crippen molar-refractivity contribution in [2.24, 2.45) is 23.2 Å². The van der Waals surface area contributed by atoms with Crippen LogP contribution in [0, 0.1) is 30.1 Å². The first-order chi connectivity index (χ1) is 9.70. The van der Waals surface area contributed by atoms with Crippen LogP contribution in [-0.4, -0.2) is 6.54 Å². The third-order valence-electron chi connectivity index (χ3n) is 6.32. The van der Waals surface area contributed by atoms with Gasteiger partial charge < -0.3 is 5.32 Å². The van der Waals surface area contributed by atoms with Crippen LogP contribution in [0.4, 0.5) is 0 Å². The Bertz CT molecular complexity index is 454. The Labute approximate surface area is 127 Å². The van der Waals surface area contributed by atoms with Crippen LogP contribution in [0.15, 0.2) is 11.4 Å². The first kappa shape index (κ1) is 13.3. The van der Waals surface area contributed by atoms with Gasteiger partial charge in [-0.15, -0.1) is 11.3 Å². The SMILES string of the molecule is CCNC(c1ccsc1C)C12CC3CC(CC(C3)C1)C2. The fraction of sp³-hybridized carbons (Fsp3) is 0.778. The summed E-state index contributed by atoms with van der Waals surface area (Å²) in [4.78, 5) is 1.53. The molecule has 4 fully saturated rings. The highest BCUT2D eigenvalue weighted by Gasteiger charge is 2.54. The molecule has 1 N–H and O–H groups in total. The third kappa shape index (κ3) is 1.99. The van der Waals surface area contributed by atoms with E-state index in [1.54, 1.807) is 24.8 Å². The number of thiophene rings is 1. The van der Waals surface area contributed by atoms with Crippen LogP contribution in [-0.2, 0) is 0 Å². The number of aryl methyl sites for hydroxylation is 1. The molecular weight excluding hydrogens is 262 g/mol. The molecule has 4 aliphatic rings. The highest BCUT2D eigenvalue weighted by molar-refractivity contribution is 7.10. The normalized spacial score (nSPS) is 40.2. The van der Waals surface area contributed by atoms with Crippen LogP contribution < -0.4 is 5.32 Å². The Morgan fingerprint density at radius 1 is 1.20 bits per heavy atom. The lowest BCUT2D eigenvalue weighted by atomic mass is 9.47. The summed E-state index contributed by atoms with van der Waals surface area (Å²) in [6.07, 6.45) is 9.10. The highest BCUT2D eigenvalue weighted by Crippen LogP contribution is 2.64. The minimum atomic E-state index is 0.580. The van der Waals surface area contributed by atoms with Gasteiger partial charge in [-0.2, -0.15) is 0 Å². The Balaban J connectivity index is 1.71. The summed E-state index contributed by atoms with van der Waals surface area (Å²) in [6.45, 7) is 5.68. The van der Waals surface area contributed by atoms with E-state index < -0.39 is 0 Å². The molecular formula is C18H27NS. The Morgan fingerprint density at radius 3 is 2.25 bits per heavy atom. The van der Waals surface area contributed by atoms with Crippen molar-refractivity contribution in [3.63, 3.8) is 0 Å². The van der Waals surface area contributed by atoms with Gasteiger partial charge in [0.25, 0.3) is 0 Å². The molecule has 20 heavy (non-hydrogen) atoms. The summed E-state index contributed by atoms with van der Waals surface area (Å²) in [5, 5.41) is 6.18. The number of hydrogen-bond donors (Lipinski definition) is 1. The van der Waals surface area contributed by atoms with Crippen molar-refractivity contribution >= 4 is 11.3 Å². The predicted molar refractivity (Wildman–Crippen MR) is 86.1 cm³/mol. The molecule has 0 amide bonds. The van der Waals surface area contributed by atoms with E-state index in [2.05, 4.69) is 30.6 Å². The maximum Gasteiger partial charge on any atom is 0.0388 e. The van der Waals surface area contributed by atoms with E-state index >= 15 is 0 Å². The van der Waals surface area contributed by atoms with Crippen molar-refractivity contribution in [3.8, 4) is 0 Å². The van der Waals surface area contributed by atoms with Crippen LogP contribution in [0.2, 0.25) is 0 Å². The smallest absolute Gasteiger partial charge is 0.0388 e. The van der Waals surface area contributed by atoms with E-state index in [4.69, 9.17) is 0 Å².